The summed E-state index contributed by atoms with van der Waals surface area (Å²) in [7, 11) is 1.53. The van der Waals surface area contributed by atoms with Crippen molar-refractivity contribution in [1.29, 1.82) is 0 Å². The molecule has 0 aliphatic carbocycles. The monoisotopic (exact) mass is 569 g/mol. The number of fused-ring (bicyclic) bond motifs is 1. The highest BCUT2D eigenvalue weighted by Crippen LogP contribution is 2.39. The van der Waals surface area contributed by atoms with Gasteiger partial charge in [-0.15, -0.1) is 0 Å². The van der Waals surface area contributed by atoms with Crippen LogP contribution in [-0.4, -0.2) is 41.8 Å². The fourth-order valence-electron chi connectivity index (χ4n) is 3.83. The van der Waals surface area contributed by atoms with E-state index in [4.69, 9.17) is 14.2 Å². The molecular formula is C27H24BrNO6S. The van der Waals surface area contributed by atoms with Gasteiger partial charge in [-0.2, -0.15) is 0 Å². The summed E-state index contributed by atoms with van der Waals surface area (Å²) in [6.45, 7) is 3.64. The predicted molar refractivity (Wildman–Crippen MR) is 143 cm³/mol. The Morgan fingerprint density at radius 3 is 2.61 bits per heavy atom. The molecule has 0 radical (unpaired) electrons. The molecule has 2 amide bonds. The minimum absolute atomic E-state index is 0.164. The van der Waals surface area contributed by atoms with Gasteiger partial charge in [0.2, 0.25) is 0 Å². The molecule has 0 spiro atoms. The van der Waals surface area contributed by atoms with E-state index in [1.165, 1.54) is 14.0 Å². The zero-order valence-corrected chi connectivity index (χ0v) is 22.4. The molecular weight excluding hydrogens is 546 g/mol. The Morgan fingerprint density at radius 2 is 1.86 bits per heavy atom. The first-order valence-electron chi connectivity index (χ1n) is 11.2. The van der Waals surface area contributed by atoms with Gasteiger partial charge in [0.05, 0.1) is 18.6 Å². The Balaban J connectivity index is 1.57. The summed E-state index contributed by atoms with van der Waals surface area (Å²) in [6.07, 6.45) is 1.59. The number of benzene rings is 3. The molecule has 0 aromatic heterocycles. The Kier molecular flexibility index (Phi) is 8.01. The summed E-state index contributed by atoms with van der Waals surface area (Å²) < 4.78 is 17.3. The number of amides is 2. The van der Waals surface area contributed by atoms with Gasteiger partial charge < -0.3 is 14.2 Å². The molecule has 9 heteroatoms. The molecule has 7 nitrogen and oxygen atoms in total. The third-order valence-electron chi connectivity index (χ3n) is 5.67. The summed E-state index contributed by atoms with van der Waals surface area (Å²) in [5.74, 6) is -0.174. The van der Waals surface area contributed by atoms with E-state index in [1.54, 1.807) is 25.1 Å². The van der Waals surface area contributed by atoms with Crippen LogP contribution in [0.4, 0.5) is 4.79 Å². The third kappa shape index (κ3) is 5.27. The summed E-state index contributed by atoms with van der Waals surface area (Å²) in [6, 6.07) is 16.7. The van der Waals surface area contributed by atoms with Gasteiger partial charge in [-0.05, 0) is 65.7 Å². The molecule has 3 aromatic carbocycles. The van der Waals surface area contributed by atoms with E-state index in [2.05, 4.69) is 34.1 Å². The molecule has 1 unspecified atom stereocenters. The van der Waals surface area contributed by atoms with Gasteiger partial charge in [-0.1, -0.05) is 58.4 Å². The average Bonchev–Trinajstić information content (AvgIpc) is 3.15. The number of methoxy groups -OCH3 is 1. The molecule has 1 aliphatic rings. The maximum Gasteiger partial charge on any atom is 0.329 e. The van der Waals surface area contributed by atoms with E-state index < -0.39 is 23.2 Å². The van der Waals surface area contributed by atoms with Gasteiger partial charge in [0.1, 0.15) is 12.6 Å². The first-order valence-corrected chi connectivity index (χ1v) is 12.9. The Labute approximate surface area is 221 Å². The lowest BCUT2D eigenvalue weighted by Gasteiger charge is -2.19. The second kappa shape index (κ2) is 11.2. The molecule has 186 valence electrons. The van der Waals surface area contributed by atoms with Crippen molar-refractivity contribution >= 4 is 61.7 Å². The molecule has 1 aliphatic heterocycles. The third-order valence-corrected chi connectivity index (χ3v) is 7.24. The normalized spacial score (nSPS) is 15.4. The van der Waals surface area contributed by atoms with E-state index in [-0.39, 0.29) is 11.5 Å². The van der Waals surface area contributed by atoms with Crippen LogP contribution in [0.3, 0.4) is 0 Å². The van der Waals surface area contributed by atoms with Crippen LogP contribution in [0.15, 0.2) is 64.0 Å². The molecule has 1 fully saturated rings. The van der Waals surface area contributed by atoms with Gasteiger partial charge in [0.15, 0.2) is 11.5 Å². The Morgan fingerprint density at radius 1 is 1.11 bits per heavy atom. The number of carbonyl (C=O) groups is 3. The highest BCUT2D eigenvalue weighted by Gasteiger charge is 2.41. The number of imide groups is 1. The van der Waals surface area contributed by atoms with Gasteiger partial charge in [0.25, 0.3) is 11.1 Å². The average molecular weight is 570 g/mol. The molecule has 36 heavy (non-hydrogen) atoms. The topological polar surface area (TPSA) is 82.1 Å². The lowest BCUT2D eigenvalue weighted by molar-refractivity contribution is -0.150. The summed E-state index contributed by atoms with van der Waals surface area (Å²) >= 11 is 4.31. The van der Waals surface area contributed by atoms with Crippen molar-refractivity contribution in [3.8, 4) is 11.5 Å². The summed E-state index contributed by atoms with van der Waals surface area (Å²) in [5, 5.41) is 1.72. The first-order chi connectivity index (χ1) is 17.3. The zero-order chi connectivity index (χ0) is 25.8. The van der Waals surface area contributed by atoms with Crippen molar-refractivity contribution in [1.82, 2.24) is 4.90 Å². The quantitative estimate of drug-likeness (QED) is 0.236. The number of halogens is 1. The number of esters is 1. The largest absolute Gasteiger partial charge is 0.493 e. The lowest BCUT2D eigenvalue weighted by Crippen LogP contribution is -2.42. The molecule has 0 N–H and O–H groups in total. The van der Waals surface area contributed by atoms with Crippen LogP contribution in [0, 0.1) is 0 Å². The maximum absolute atomic E-state index is 12.9. The number of thioether (sulfide) groups is 1. The number of hydrogen-bond donors (Lipinski definition) is 0. The summed E-state index contributed by atoms with van der Waals surface area (Å²) in [5.41, 5.74) is 1.67. The number of ether oxygens (including phenoxy) is 3. The van der Waals surface area contributed by atoms with E-state index in [0.717, 1.165) is 33.0 Å². The number of rotatable bonds is 8. The van der Waals surface area contributed by atoms with Crippen LogP contribution in [0.5, 0.6) is 11.5 Å². The molecule has 4 rings (SSSR count). The van der Waals surface area contributed by atoms with E-state index in [0.29, 0.717) is 28.1 Å². The highest BCUT2D eigenvalue weighted by atomic mass is 79.9. The van der Waals surface area contributed by atoms with Crippen LogP contribution in [-0.2, 0) is 20.9 Å². The van der Waals surface area contributed by atoms with Crippen molar-refractivity contribution in [2.45, 2.75) is 26.5 Å². The fraction of sp³-hybridized carbons (Fsp3) is 0.222. The van der Waals surface area contributed by atoms with E-state index in [1.807, 2.05) is 24.3 Å². The molecule has 0 bridgehead atoms. The van der Waals surface area contributed by atoms with Crippen LogP contribution in [0.2, 0.25) is 0 Å². The molecule has 3 aromatic rings. The predicted octanol–water partition coefficient (Wildman–Crippen LogP) is 6.18. The van der Waals surface area contributed by atoms with Crippen LogP contribution in [0.25, 0.3) is 16.8 Å². The van der Waals surface area contributed by atoms with Crippen LogP contribution < -0.4 is 9.47 Å². The second-order valence-corrected chi connectivity index (χ2v) is 9.78. The smallest absolute Gasteiger partial charge is 0.329 e. The number of hydrogen-bond acceptors (Lipinski definition) is 7. The van der Waals surface area contributed by atoms with Gasteiger partial charge >= 0.3 is 5.97 Å². The minimum atomic E-state index is -1.01. The Hall–Kier alpha value is -3.30. The highest BCUT2D eigenvalue weighted by molar-refractivity contribution is 9.10. The van der Waals surface area contributed by atoms with Crippen molar-refractivity contribution in [3.63, 3.8) is 0 Å². The lowest BCUT2D eigenvalue weighted by atomic mass is 10.1. The molecule has 1 saturated heterocycles. The molecule has 1 heterocycles. The standard InChI is InChI=1S/C27H24BrNO6S/c1-4-34-26(31)16(2)29-25(30)24(36-27(29)32)13-19-12-22(33-3)23(14-21(19)28)35-15-18-10-7-9-17-8-5-6-11-20(17)18/h5-14,16H,4,15H2,1-3H3/b24-13-. The first kappa shape index (κ1) is 25.8. The summed E-state index contributed by atoms with van der Waals surface area (Å²) in [4.78, 5) is 38.6. The van der Waals surface area contributed by atoms with Crippen LogP contribution in [0.1, 0.15) is 25.0 Å². The second-order valence-electron chi connectivity index (χ2n) is 7.93. The van der Waals surface area contributed by atoms with Gasteiger partial charge in [0, 0.05) is 4.47 Å². The fourth-order valence-corrected chi connectivity index (χ4v) is 5.17. The van der Waals surface area contributed by atoms with Crippen molar-refractivity contribution < 1.29 is 28.6 Å². The van der Waals surface area contributed by atoms with Crippen molar-refractivity contribution in [2.75, 3.05) is 13.7 Å². The SMILES string of the molecule is CCOC(=O)C(C)N1C(=O)S/C(=C\c2cc(OC)c(OCc3cccc4ccccc34)cc2Br)C1=O. The van der Waals surface area contributed by atoms with E-state index in [9.17, 15) is 14.4 Å². The minimum Gasteiger partial charge on any atom is -0.493 e. The zero-order valence-electron chi connectivity index (χ0n) is 19.9. The molecule has 1 atom stereocenters. The van der Waals surface area contributed by atoms with Crippen molar-refractivity contribution in [2.24, 2.45) is 0 Å². The van der Waals surface area contributed by atoms with Crippen LogP contribution >= 0.6 is 27.7 Å². The number of carbonyl (C=O) groups excluding carboxylic acids is 3. The van der Waals surface area contributed by atoms with Gasteiger partial charge in [-0.25, -0.2) is 4.79 Å². The van der Waals surface area contributed by atoms with E-state index >= 15 is 0 Å². The van der Waals surface area contributed by atoms with Crippen molar-refractivity contribution in [3.05, 3.63) is 75.1 Å². The van der Waals surface area contributed by atoms with Gasteiger partial charge in [-0.3, -0.25) is 14.5 Å². The number of nitrogens with zero attached hydrogens (tertiary/aromatic N) is 1. The Bertz CT molecular complexity index is 1370. The maximum atomic E-state index is 12.9. The molecule has 0 saturated carbocycles.